The zero-order chi connectivity index (χ0) is 30.6. The number of rotatable bonds is 14. The van der Waals surface area contributed by atoms with Crippen LogP contribution < -0.4 is 14.4 Å². The van der Waals surface area contributed by atoms with Gasteiger partial charge in [-0.1, -0.05) is 6.07 Å². The topological polar surface area (TPSA) is 192 Å². The molecule has 0 radical (unpaired) electrons. The first-order valence-corrected chi connectivity index (χ1v) is 12.8. The number of carbonyl (C=O) groups is 3. The van der Waals surface area contributed by atoms with Gasteiger partial charge in [-0.3, -0.25) is 14.5 Å². The standard InChI is InChI=1S/C21H30N4O3.C6H8O7/c1-24(2)21-22-11-17(12-23-21)14-25(15-18-6-5-9-28-18)13-16-7-8-19(26-3)20(10-16)27-4;7-3(8)1-6(13,5(11)12)2-4(9)10/h7-8,10-12,18H,5-6,9,13-15H2,1-4H3;13H,1-2H2,(H,7,8)(H,9,10)(H,11,12). The van der Waals surface area contributed by atoms with Crippen LogP contribution in [0.2, 0.25) is 0 Å². The minimum absolute atomic E-state index is 0.280. The predicted molar refractivity (Wildman–Crippen MR) is 146 cm³/mol. The van der Waals surface area contributed by atoms with Gasteiger partial charge in [-0.2, -0.15) is 0 Å². The lowest BCUT2D eigenvalue weighted by atomic mass is 9.96. The summed E-state index contributed by atoms with van der Waals surface area (Å²) < 4.78 is 16.7. The van der Waals surface area contributed by atoms with Crippen LogP contribution in [0.3, 0.4) is 0 Å². The normalized spacial score (nSPS) is 14.6. The number of hydrogen-bond donors (Lipinski definition) is 4. The minimum Gasteiger partial charge on any atom is -0.493 e. The van der Waals surface area contributed by atoms with Crippen LogP contribution in [0.4, 0.5) is 5.95 Å². The third kappa shape index (κ3) is 10.8. The van der Waals surface area contributed by atoms with Crippen molar-refractivity contribution in [2.75, 3.05) is 46.4 Å². The van der Waals surface area contributed by atoms with Crippen molar-refractivity contribution in [3.05, 3.63) is 41.7 Å². The van der Waals surface area contributed by atoms with E-state index in [0.29, 0.717) is 5.95 Å². The molecule has 0 bridgehead atoms. The molecule has 0 amide bonds. The lowest BCUT2D eigenvalue weighted by Crippen LogP contribution is -2.42. The molecule has 226 valence electrons. The first-order valence-electron chi connectivity index (χ1n) is 12.8. The van der Waals surface area contributed by atoms with Gasteiger partial charge in [-0.15, -0.1) is 0 Å². The predicted octanol–water partition coefficient (Wildman–Crippen LogP) is 1.49. The average molecular weight is 579 g/mol. The summed E-state index contributed by atoms with van der Waals surface area (Å²) in [7, 11) is 7.19. The summed E-state index contributed by atoms with van der Waals surface area (Å²) >= 11 is 0. The number of benzene rings is 1. The number of methoxy groups -OCH3 is 2. The molecular weight excluding hydrogens is 540 g/mol. The van der Waals surface area contributed by atoms with E-state index in [1.165, 1.54) is 5.56 Å². The summed E-state index contributed by atoms with van der Waals surface area (Å²) in [5.74, 6) is -2.82. The summed E-state index contributed by atoms with van der Waals surface area (Å²) in [4.78, 5) is 43.6. The lowest BCUT2D eigenvalue weighted by Gasteiger charge is -2.25. The van der Waals surface area contributed by atoms with Crippen LogP contribution in [0.25, 0.3) is 0 Å². The Balaban J connectivity index is 0.000000383. The van der Waals surface area contributed by atoms with Crippen molar-refractivity contribution in [3.8, 4) is 11.5 Å². The molecule has 0 aliphatic carbocycles. The molecule has 1 unspecified atom stereocenters. The highest BCUT2D eigenvalue weighted by Gasteiger charge is 2.40. The van der Waals surface area contributed by atoms with Gasteiger partial charge < -0.3 is 39.5 Å². The van der Waals surface area contributed by atoms with E-state index in [1.807, 2.05) is 43.5 Å². The van der Waals surface area contributed by atoms with Gasteiger partial charge in [0.25, 0.3) is 0 Å². The zero-order valence-corrected chi connectivity index (χ0v) is 23.6. The second kappa shape index (κ2) is 15.7. The molecule has 14 heteroatoms. The molecule has 4 N–H and O–H groups in total. The molecule has 1 aromatic heterocycles. The fraction of sp³-hybridized carbons (Fsp3) is 0.519. The fourth-order valence-electron chi connectivity index (χ4n) is 4.13. The Hall–Kier alpha value is -4.01. The Labute approximate surface area is 238 Å². The SMILES string of the molecule is COc1ccc(CN(Cc2cnc(N(C)C)nc2)CC2CCCO2)cc1OC.O=C(O)CC(O)(CC(=O)O)C(=O)O. The largest absolute Gasteiger partial charge is 0.493 e. The molecule has 0 spiro atoms. The average Bonchev–Trinajstić information content (AvgIpc) is 3.41. The van der Waals surface area contributed by atoms with Crippen LogP contribution in [-0.2, 0) is 32.2 Å². The Morgan fingerprint density at radius 2 is 1.56 bits per heavy atom. The minimum atomic E-state index is -2.74. The van der Waals surface area contributed by atoms with Crippen LogP contribution in [0, 0.1) is 0 Å². The van der Waals surface area contributed by atoms with E-state index in [1.54, 1.807) is 14.2 Å². The van der Waals surface area contributed by atoms with E-state index >= 15 is 0 Å². The molecular formula is C27H38N4O10. The van der Waals surface area contributed by atoms with Crippen LogP contribution in [0.1, 0.15) is 36.8 Å². The van der Waals surface area contributed by atoms with E-state index in [-0.39, 0.29) is 6.10 Å². The van der Waals surface area contributed by atoms with Crippen molar-refractivity contribution in [1.82, 2.24) is 14.9 Å². The Morgan fingerprint density at radius 1 is 0.976 bits per heavy atom. The van der Waals surface area contributed by atoms with E-state index in [9.17, 15) is 14.4 Å². The number of aliphatic carboxylic acids is 3. The van der Waals surface area contributed by atoms with Crippen molar-refractivity contribution >= 4 is 23.9 Å². The number of nitrogens with zero attached hydrogens (tertiary/aromatic N) is 4. The maximum absolute atomic E-state index is 10.3. The zero-order valence-electron chi connectivity index (χ0n) is 23.6. The van der Waals surface area contributed by atoms with Crippen molar-refractivity contribution in [2.24, 2.45) is 0 Å². The first kappa shape index (κ1) is 33.2. The van der Waals surface area contributed by atoms with Crippen LogP contribution in [-0.4, -0.2) is 106 Å². The molecule has 1 fully saturated rings. The van der Waals surface area contributed by atoms with E-state index < -0.39 is 36.4 Å². The Kier molecular flexibility index (Phi) is 12.7. The third-order valence-corrected chi connectivity index (χ3v) is 6.12. The Bertz CT molecular complexity index is 1140. The van der Waals surface area contributed by atoms with Crippen LogP contribution in [0.5, 0.6) is 11.5 Å². The van der Waals surface area contributed by atoms with Gasteiger partial charge in [0.2, 0.25) is 5.95 Å². The molecule has 41 heavy (non-hydrogen) atoms. The van der Waals surface area contributed by atoms with Gasteiger partial charge in [-0.05, 0) is 30.5 Å². The number of anilines is 1. The fourth-order valence-corrected chi connectivity index (χ4v) is 4.13. The van der Waals surface area contributed by atoms with Gasteiger partial charge in [0, 0.05) is 58.3 Å². The molecule has 2 heterocycles. The van der Waals surface area contributed by atoms with Crippen molar-refractivity contribution in [2.45, 2.75) is 50.5 Å². The third-order valence-electron chi connectivity index (χ3n) is 6.12. The number of aliphatic hydroxyl groups is 1. The van der Waals surface area contributed by atoms with Crippen LogP contribution >= 0.6 is 0 Å². The van der Waals surface area contributed by atoms with Crippen molar-refractivity contribution < 1.29 is 49.0 Å². The van der Waals surface area contributed by atoms with E-state index in [2.05, 4.69) is 20.9 Å². The number of carboxylic acid groups (broad SMARTS) is 3. The molecule has 0 saturated carbocycles. The van der Waals surface area contributed by atoms with Gasteiger partial charge in [0.15, 0.2) is 17.1 Å². The number of carboxylic acids is 3. The van der Waals surface area contributed by atoms with E-state index in [0.717, 1.165) is 56.1 Å². The molecule has 2 aromatic rings. The van der Waals surface area contributed by atoms with Gasteiger partial charge >= 0.3 is 17.9 Å². The van der Waals surface area contributed by atoms with Gasteiger partial charge in [0.1, 0.15) is 0 Å². The second-order valence-corrected chi connectivity index (χ2v) is 9.76. The highest BCUT2D eigenvalue weighted by Crippen LogP contribution is 2.28. The molecule has 1 aliphatic rings. The van der Waals surface area contributed by atoms with E-state index in [4.69, 9.17) is 34.6 Å². The number of aromatic nitrogens is 2. The van der Waals surface area contributed by atoms with Crippen molar-refractivity contribution in [3.63, 3.8) is 0 Å². The summed E-state index contributed by atoms with van der Waals surface area (Å²) in [6, 6.07) is 6.07. The molecule has 1 aliphatic heterocycles. The maximum Gasteiger partial charge on any atom is 0.336 e. The summed E-state index contributed by atoms with van der Waals surface area (Å²) in [6.07, 6.45) is 4.04. The second-order valence-electron chi connectivity index (χ2n) is 9.76. The highest BCUT2D eigenvalue weighted by molar-refractivity contribution is 5.88. The molecule has 1 aromatic carbocycles. The smallest absolute Gasteiger partial charge is 0.336 e. The molecule has 3 rings (SSSR count). The molecule has 1 atom stereocenters. The molecule has 1 saturated heterocycles. The molecule has 14 nitrogen and oxygen atoms in total. The monoisotopic (exact) mass is 578 g/mol. The number of hydrogen-bond acceptors (Lipinski definition) is 11. The highest BCUT2D eigenvalue weighted by atomic mass is 16.5. The quantitative estimate of drug-likeness (QED) is 0.252. The number of ether oxygens (including phenoxy) is 3. The first-order chi connectivity index (χ1) is 19.4. The lowest BCUT2D eigenvalue weighted by molar-refractivity contribution is -0.170. The van der Waals surface area contributed by atoms with Crippen molar-refractivity contribution in [1.29, 1.82) is 0 Å². The van der Waals surface area contributed by atoms with Crippen LogP contribution in [0.15, 0.2) is 30.6 Å². The van der Waals surface area contributed by atoms with Gasteiger partial charge in [-0.25, -0.2) is 14.8 Å². The summed E-state index contributed by atoms with van der Waals surface area (Å²) in [5.41, 5.74) is -0.483. The summed E-state index contributed by atoms with van der Waals surface area (Å²) in [6.45, 7) is 3.29. The van der Waals surface area contributed by atoms with Gasteiger partial charge in [0.05, 0.1) is 33.2 Å². The summed E-state index contributed by atoms with van der Waals surface area (Å²) in [5, 5.41) is 33.8. The Morgan fingerprint density at radius 3 is 2.02 bits per heavy atom. The maximum atomic E-state index is 10.3.